The molecule has 1 amide bonds. The molecule has 34 heavy (non-hydrogen) atoms. The van der Waals surface area contributed by atoms with E-state index in [1.807, 2.05) is 57.4 Å². The van der Waals surface area contributed by atoms with Crippen LogP contribution in [-0.2, 0) is 16.6 Å². The number of aryl methyl sites for hydroxylation is 1. The van der Waals surface area contributed by atoms with E-state index in [0.717, 1.165) is 16.0 Å². The second-order valence-electron chi connectivity index (χ2n) is 8.99. The lowest BCUT2D eigenvalue weighted by atomic mass is 10.2. The number of para-hydroxylation sites is 1. The average Bonchev–Trinajstić information content (AvgIpc) is 3.15. The van der Waals surface area contributed by atoms with Crippen LogP contribution in [0, 0.1) is 11.8 Å². The summed E-state index contributed by atoms with van der Waals surface area (Å²) in [5.41, 5.74) is 1.24. The van der Waals surface area contributed by atoms with Crippen molar-refractivity contribution in [3.05, 3.63) is 52.8 Å². The Balaban J connectivity index is 1.95. The van der Waals surface area contributed by atoms with Gasteiger partial charge in [0.15, 0.2) is 4.80 Å². The first-order valence-corrected chi connectivity index (χ1v) is 13.7. The van der Waals surface area contributed by atoms with Crippen molar-refractivity contribution in [2.75, 3.05) is 20.2 Å². The molecule has 0 radical (unpaired) electrons. The molecule has 0 saturated carbocycles. The van der Waals surface area contributed by atoms with Crippen LogP contribution in [0.4, 0.5) is 0 Å². The number of benzene rings is 2. The third kappa shape index (κ3) is 5.59. The minimum atomic E-state index is -3.65. The fraction of sp³-hybridized carbons (Fsp3) is 0.440. The Bertz CT molecular complexity index is 1310. The summed E-state index contributed by atoms with van der Waals surface area (Å²) < 4.78 is 36.4. The minimum absolute atomic E-state index is 0.181. The maximum atomic E-state index is 13.2. The first-order chi connectivity index (χ1) is 16.1. The molecular formula is C25H33N3O4S2. The number of aromatic nitrogens is 1. The molecule has 3 rings (SSSR count). The molecule has 1 heterocycles. The molecule has 9 heteroatoms. The molecule has 1 aromatic heterocycles. The van der Waals surface area contributed by atoms with E-state index in [9.17, 15) is 13.2 Å². The van der Waals surface area contributed by atoms with Gasteiger partial charge in [0, 0.05) is 25.2 Å². The van der Waals surface area contributed by atoms with Gasteiger partial charge in [-0.15, -0.1) is 0 Å². The van der Waals surface area contributed by atoms with E-state index in [1.54, 1.807) is 7.11 Å². The molecule has 0 spiro atoms. The number of carbonyl (C=O) groups excluding carboxylic acids is 1. The highest BCUT2D eigenvalue weighted by Gasteiger charge is 2.26. The number of thiazole rings is 1. The molecule has 0 N–H and O–H groups in total. The van der Waals surface area contributed by atoms with E-state index in [0.29, 0.717) is 30.0 Å². The van der Waals surface area contributed by atoms with Crippen molar-refractivity contribution in [2.24, 2.45) is 16.8 Å². The maximum Gasteiger partial charge on any atom is 0.279 e. The van der Waals surface area contributed by atoms with Crippen molar-refractivity contribution in [1.82, 2.24) is 8.87 Å². The van der Waals surface area contributed by atoms with Gasteiger partial charge in [0.2, 0.25) is 10.0 Å². The Kier molecular flexibility index (Phi) is 8.33. The zero-order valence-corrected chi connectivity index (χ0v) is 22.2. The van der Waals surface area contributed by atoms with Crippen molar-refractivity contribution < 1.29 is 17.9 Å². The fourth-order valence-electron chi connectivity index (χ4n) is 3.80. The Morgan fingerprint density at radius 2 is 1.68 bits per heavy atom. The van der Waals surface area contributed by atoms with Gasteiger partial charge in [-0.3, -0.25) is 4.79 Å². The molecule has 0 fully saturated rings. The van der Waals surface area contributed by atoms with Crippen LogP contribution in [0.25, 0.3) is 10.2 Å². The predicted molar refractivity (Wildman–Crippen MR) is 137 cm³/mol. The zero-order chi connectivity index (χ0) is 25.0. The summed E-state index contributed by atoms with van der Waals surface area (Å²) in [6.07, 6.45) is 0. The van der Waals surface area contributed by atoms with Gasteiger partial charge < -0.3 is 9.30 Å². The Hall–Kier alpha value is -2.49. The second kappa shape index (κ2) is 10.8. The number of fused-ring (bicyclic) bond motifs is 1. The third-order valence-corrected chi connectivity index (χ3v) is 8.16. The van der Waals surface area contributed by atoms with Gasteiger partial charge in [-0.1, -0.05) is 45.1 Å². The molecule has 0 atom stereocenters. The molecule has 0 aliphatic heterocycles. The van der Waals surface area contributed by atoms with Gasteiger partial charge in [-0.2, -0.15) is 9.30 Å². The number of rotatable bonds is 9. The van der Waals surface area contributed by atoms with Crippen LogP contribution in [0.3, 0.4) is 0 Å². The molecule has 0 aliphatic rings. The Morgan fingerprint density at radius 3 is 2.21 bits per heavy atom. The lowest BCUT2D eigenvalue weighted by molar-refractivity contribution is 0.0997. The quantitative estimate of drug-likeness (QED) is 0.421. The van der Waals surface area contributed by atoms with Crippen molar-refractivity contribution in [1.29, 1.82) is 0 Å². The van der Waals surface area contributed by atoms with Crippen LogP contribution in [0.15, 0.2) is 52.4 Å². The third-order valence-electron chi connectivity index (χ3n) is 5.27. The molecule has 3 aromatic rings. The first kappa shape index (κ1) is 26.1. The zero-order valence-electron chi connectivity index (χ0n) is 20.6. The molecule has 0 unspecified atom stereocenters. The summed E-state index contributed by atoms with van der Waals surface area (Å²) in [6.45, 7) is 11.5. The second-order valence-corrected chi connectivity index (χ2v) is 11.9. The molecular weight excluding hydrogens is 470 g/mol. The van der Waals surface area contributed by atoms with Crippen LogP contribution >= 0.6 is 11.3 Å². The summed E-state index contributed by atoms with van der Waals surface area (Å²) >= 11 is 1.42. The van der Waals surface area contributed by atoms with E-state index in [4.69, 9.17) is 4.74 Å². The molecule has 184 valence electrons. The van der Waals surface area contributed by atoms with E-state index < -0.39 is 15.9 Å². The van der Waals surface area contributed by atoms with Crippen LogP contribution in [-0.4, -0.2) is 43.4 Å². The van der Waals surface area contributed by atoms with Crippen molar-refractivity contribution in [3.63, 3.8) is 0 Å². The van der Waals surface area contributed by atoms with Gasteiger partial charge in [0.1, 0.15) is 11.3 Å². The number of sulfonamides is 1. The van der Waals surface area contributed by atoms with Gasteiger partial charge in [-0.25, -0.2) is 8.42 Å². The fourth-order valence-corrected chi connectivity index (χ4v) is 6.67. The summed E-state index contributed by atoms with van der Waals surface area (Å²) in [7, 11) is -2.03. The first-order valence-electron chi connectivity index (χ1n) is 11.4. The molecule has 7 nitrogen and oxygen atoms in total. The van der Waals surface area contributed by atoms with Crippen LogP contribution in [0.1, 0.15) is 45.0 Å². The van der Waals surface area contributed by atoms with Gasteiger partial charge in [-0.05, 0) is 55.2 Å². The van der Waals surface area contributed by atoms with E-state index in [2.05, 4.69) is 4.99 Å². The van der Waals surface area contributed by atoms with E-state index in [-0.39, 0.29) is 16.7 Å². The average molecular weight is 504 g/mol. The van der Waals surface area contributed by atoms with Crippen LogP contribution in [0.2, 0.25) is 0 Å². The largest absolute Gasteiger partial charge is 0.495 e. The molecule has 0 bridgehead atoms. The number of nitrogens with zero attached hydrogens (tertiary/aromatic N) is 3. The lowest BCUT2D eigenvalue weighted by Gasteiger charge is -2.25. The van der Waals surface area contributed by atoms with E-state index in [1.165, 1.54) is 39.9 Å². The smallest absolute Gasteiger partial charge is 0.279 e. The van der Waals surface area contributed by atoms with Gasteiger partial charge in [0.05, 0.1) is 16.7 Å². The number of hydrogen-bond donors (Lipinski definition) is 0. The van der Waals surface area contributed by atoms with Gasteiger partial charge >= 0.3 is 0 Å². The summed E-state index contributed by atoms with van der Waals surface area (Å²) in [5.74, 6) is 0.723. The topological polar surface area (TPSA) is 81.0 Å². The summed E-state index contributed by atoms with van der Waals surface area (Å²) in [4.78, 5) is 18.0. The van der Waals surface area contributed by atoms with Crippen molar-refractivity contribution >= 4 is 37.5 Å². The predicted octanol–water partition coefficient (Wildman–Crippen LogP) is 4.78. The number of hydrogen-bond acceptors (Lipinski definition) is 5. The number of amides is 1. The Labute approximate surface area is 205 Å². The summed E-state index contributed by atoms with van der Waals surface area (Å²) in [6, 6.07) is 11.8. The number of carbonyl (C=O) groups is 1. The summed E-state index contributed by atoms with van der Waals surface area (Å²) in [5, 5.41) is 0. The lowest BCUT2D eigenvalue weighted by Crippen LogP contribution is -2.37. The van der Waals surface area contributed by atoms with Crippen LogP contribution < -0.4 is 9.54 Å². The van der Waals surface area contributed by atoms with Crippen LogP contribution in [0.5, 0.6) is 5.75 Å². The minimum Gasteiger partial charge on any atom is -0.495 e. The molecule has 0 saturated heterocycles. The number of methoxy groups -OCH3 is 1. The maximum absolute atomic E-state index is 13.2. The SMILES string of the molecule is CCn1c(=NC(=O)c2ccc(S(=O)(=O)N(CC(C)C)CC(C)C)cc2)sc2cccc(OC)c21. The van der Waals surface area contributed by atoms with Crippen molar-refractivity contribution in [2.45, 2.75) is 46.1 Å². The highest BCUT2D eigenvalue weighted by atomic mass is 32.2. The van der Waals surface area contributed by atoms with Gasteiger partial charge in [0.25, 0.3) is 5.91 Å². The van der Waals surface area contributed by atoms with E-state index >= 15 is 0 Å². The molecule has 2 aromatic carbocycles. The monoisotopic (exact) mass is 503 g/mol. The Morgan fingerprint density at radius 1 is 1.06 bits per heavy atom. The molecule has 0 aliphatic carbocycles. The number of ether oxygens (including phenoxy) is 1. The highest BCUT2D eigenvalue weighted by molar-refractivity contribution is 7.89. The van der Waals surface area contributed by atoms with Crippen molar-refractivity contribution in [3.8, 4) is 5.75 Å². The highest BCUT2D eigenvalue weighted by Crippen LogP contribution is 2.27. The standard InChI is InChI=1S/C25H33N3O4S2/c1-7-28-23-21(32-6)9-8-10-22(23)33-25(28)26-24(29)19-11-13-20(14-12-19)34(30,31)27(15-17(2)3)16-18(4)5/h8-14,17-18H,7,15-16H2,1-6H3. The normalized spacial score (nSPS) is 12.9.